The Kier molecular flexibility index (Phi) is 3.69. The third-order valence-electron chi connectivity index (χ3n) is 1.71. The lowest BCUT2D eigenvalue weighted by molar-refractivity contribution is 0.629. The minimum absolute atomic E-state index is 0.258. The van der Waals surface area contributed by atoms with Crippen molar-refractivity contribution in [3.8, 4) is 0 Å². The van der Waals surface area contributed by atoms with Crippen LogP contribution in [0, 0.1) is 12.7 Å². The van der Waals surface area contributed by atoms with Gasteiger partial charge in [0.15, 0.2) is 0 Å². The first-order valence-electron chi connectivity index (χ1n) is 4.04. The lowest BCUT2D eigenvalue weighted by atomic mass is 10.2. The molecule has 0 spiro atoms. The Hall–Kier alpha value is -0.610. The molecular formula is C9H12BrFN2. The molecule has 1 aromatic carbocycles. The fourth-order valence-electron chi connectivity index (χ4n) is 1.000. The maximum absolute atomic E-state index is 13.2. The van der Waals surface area contributed by atoms with Gasteiger partial charge in [-0.15, -0.1) is 0 Å². The summed E-state index contributed by atoms with van der Waals surface area (Å²) in [6.07, 6.45) is 0. The Morgan fingerprint density at radius 1 is 1.54 bits per heavy atom. The zero-order valence-corrected chi connectivity index (χ0v) is 8.99. The van der Waals surface area contributed by atoms with Crippen molar-refractivity contribution in [1.29, 1.82) is 0 Å². The van der Waals surface area contributed by atoms with E-state index < -0.39 is 0 Å². The molecule has 3 N–H and O–H groups in total. The minimum Gasteiger partial charge on any atom is -0.381 e. The Bertz CT molecular complexity index is 302. The molecule has 72 valence electrons. The van der Waals surface area contributed by atoms with Crippen LogP contribution in [0.1, 0.15) is 5.56 Å². The van der Waals surface area contributed by atoms with E-state index in [0.717, 1.165) is 10.0 Å². The summed E-state index contributed by atoms with van der Waals surface area (Å²) in [4.78, 5) is 0. The van der Waals surface area contributed by atoms with Gasteiger partial charge in [0.25, 0.3) is 0 Å². The Labute approximate surface area is 85.4 Å². The van der Waals surface area contributed by atoms with Crippen LogP contribution in [0.3, 0.4) is 0 Å². The summed E-state index contributed by atoms with van der Waals surface area (Å²) in [5.41, 5.74) is 6.81. The first-order chi connectivity index (χ1) is 6.15. The van der Waals surface area contributed by atoms with E-state index >= 15 is 0 Å². The highest BCUT2D eigenvalue weighted by molar-refractivity contribution is 9.10. The molecule has 0 fully saturated rings. The van der Waals surface area contributed by atoms with Gasteiger partial charge in [-0.25, -0.2) is 4.39 Å². The summed E-state index contributed by atoms with van der Waals surface area (Å²) in [7, 11) is 0. The van der Waals surface area contributed by atoms with Crippen molar-refractivity contribution in [2.75, 3.05) is 18.4 Å². The molecule has 0 aliphatic heterocycles. The predicted molar refractivity (Wildman–Crippen MR) is 56.4 cm³/mol. The van der Waals surface area contributed by atoms with Crippen LogP contribution in [-0.4, -0.2) is 13.1 Å². The van der Waals surface area contributed by atoms with Gasteiger partial charge in [0.1, 0.15) is 5.82 Å². The summed E-state index contributed by atoms with van der Waals surface area (Å²) in [6, 6.07) is 3.21. The van der Waals surface area contributed by atoms with Crippen LogP contribution in [0.15, 0.2) is 16.6 Å². The number of aryl methyl sites for hydroxylation is 1. The van der Waals surface area contributed by atoms with E-state index in [-0.39, 0.29) is 5.82 Å². The Balaban J connectivity index is 2.88. The molecule has 0 saturated heterocycles. The SMILES string of the molecule is Cc1cc(NCCN)c(F)cc1Br. The van der Waals surface area contributed by atoms with Crippen molar-refractivity contribution in [2.24, 2.45) is 5.73 Å². The van der Waals surface area contributed by atoms with Crippen molar-refractivity contribution in [3.63, 3.8) is 0 Å². The highest BCUT2D eigenvalue weighted by Crippen LogP contribution is 2.23. The maximum atomic E-state index is 13.2. The van der Waals surface area contributed by atoms with E-state index in [9.17, 15) is 4.39 Å². The van der Waals surface area contributed by atoms with Crippen LogP contribution in [-0.2, 0) is 0 Å². The molecule has 2 nitrogen and oxygen atoms in total. The van der Waals surface area contributed by atoms with Crippen LogP contribution in [0.2, 0.25) is 0 Å². The summed E-state index contributed by atoms with van der Waals surface area (Å²) in [5.74, 6) is -0.258. The zero-order chi connectivity index (χ0) is 9.84. The van der Waals surface area contributed by atoms with Gasteiger partial charge < -0.3 is 11.1 Å². The third kappa shape index (κ3) is 2.67. The monoisotopic (exact) mass is 246 g/mol. The van der Waals surface area contributed by atoms with Gasteiger partial charge in [0.2, 0.25) is 0 Å². The number of benzene rings is 1. The van der Waals surface area contributed by atoms with E-state index in [4.69, 9.17) is 5.73 Å². The number of halogens is 2. The molecule has 0 bridgehead atoms. The van der Waals surface area contributed by atoms with E-state index in [1.807, 2.05) is 6.92 Å². The molecule has 0 saturated carbocycles. The van der Waals surface area contributed by atoms with Gasteiger partial charge in [-0.2, -0.15) is 0 Å². The number of rotatable bonds is 3. The quantitative estimate of drug-likeness (QED) is 0.859. The first kappa shape index (κ1) is 10.5. The molecule has 13 heavy (non-hydrogen) atoms. The largest absolute Gasteiger partial charge is 0.381 e. The number of nitrogens with two attached hydrogens (primary N) is 1. The van der Waals surface area contributed by atoms with Crippen molar-refractivity contribution in [2.45, 2.75) is 6.92 Å². The molecule has 1 rings (SSSR count). The average molecular weight is 247 g/mol. The predicted octanol–water partition coefficient (Wildman–Crippen LogP) is 2.27. The van der Waals surface area contributed by atoms with Gasteiger partial charge in [-0.3, -0.25) is 0 Å². The van der Waals surface area contributed by atoms with E-state index in [1.54, 1.807) is 6.07 Å². The summed E-state index contributed by atoms with van der Waals surface area (Å²) >= 11 is 3.26. The molecule has 0 aliphatic rings. The van der Waals surface area contributed by atoms with Crippen molar-refractivity contribution >= 4 is 21.6 Å². The highest BCUT2D eigenvalue weighted by atomic mass is 79.9. The van der Waals surface area contributed by atoms with Crippen LogP contribution < -0.4 is 11.1 Å². The van der Waals surface area contributed by atoms with Crippen molar-refractivity contribution in [3.05, 3.63) is 28.0 Å². The Morgan fingerprint density at radius 2 is 2.23 bits per heavy atom. The molecule has 0 radical (unpaired) electrons. The molecule has 4 heteroatoms. The topological polar surface area (TPSA) is 38.0 Å². The minimum atomic E-state index is -0.258. The van der Waals surface area contributed by atoms with Gasteiger partial charge in [-0.1, -0.05) is 15.9 Å². The smallest absolute Gasteiger partial charge is 0.147 e. The van der Waals surface area contributed by atoms with Gasteiger partial charge in [0.05, 0.1) is 5.69 Å². The maximum Gasteiger partial charge on any atom is 0.147 e. The first-order valence-corrected chi connectivity index (χ1v) is 4.84. The number of hydrogen-bond acceptors (Lipinski definition) is 2. The summed E-state index contributed by atoms with van der Waals surface area (Å²) in [5, 5.41) is 2.91. The molecule has 0 aliphatic carbocycles. The summed E-state index contributed by atoms with van der Waals surface area (Å²) in [6.45, 7) is 2.99. The lowest BCUT2D eigenvalue weighted by Gasteiger charge is -2.08. The van der Waals surface area contributed by atoms with Gasteiger partial charge in [-0.05, 0) is 24.6 Å². The zero-order valence-electron chi connectivity index (χ0n) is 7.40. The van der Waals surface area contributed by atoms with E-state index in [2.05, 4.69) is 21.2 Å². The fraction of sp³-hybridized carbons (Fsp3) is 0.333. The molecule has 0 aromatic heterocycles. The van der Waals surface area contributed by atoms with Gasteiger partial charge >= 0.3 is 0 Å². The van der Waals surface area contributed by atoms with E-state index in [0.29, 0.717) is 18.8 Å². The fourth-order valence-corrected chi connectivity index (χ4v) is 1.31. The second-order valence-electron chi connectivity index (χ2n) is 2.80. The molecule has 0 amide bonds. The third-order valence-corrected chi connectivity index (χ3v) is 2.56. The van der Waals surface area contributed by atoms with Crippen molar-refractivity contribution < 1.29 is 4.39 Å². The highest BCUT2D eigenvalue weighted by Gasteiger charge is 2.04. The standard InChI is InChI=1S/C9H12BrFN2/c1-6-4-9(13-3-2-12)8(11)5-7(6)10/h4-5,13H,2-3,12H2,1H3. The van der Waals surface area contributed by atoms with E-state index in [1.165, 1.54) is 6.07 Å². The summed E-state index contributed by atoms with van der Waals surface area (Å²) < 4.78 is 14.0. The number of anilines is 1. The second-order valence-corrected chi connectivity index (χ2v) is 3.65. The second kappa shape index (κ2) is 4.58. The molecule has 0 heterocycles. The van der Waals surface area contributed by atoms with Crippen LogP contribution in [0.25, 0.3) is 0 Å². The van der Waals surface area contributed by atoms with Crippen LogP contribution >= 0.6 is 15.9 Å². The molecule has 1 aromatic rings. The number of nitrogens with one attached hydrogen (secondary N) is 1. The van der Waals surface area contributed by atoms with Gasteiger partial charge in [0, 0.05) is 17.6 Å². The lowest BCUT2D eigenvalue weighted by Crippen LogP contribution is -2.14. The molecule has 0 atom stereocenters. The average Bonchev–Trinajstić information content (AvgIpc) is 2.09. The Morgan fingerprint density at radius 3 is 2.85 bits per heavy atom. The van der Waals surface area contributed by atoms with Crippen LogP contribution in [0.5, 0.6) is 0 Å². The number of hydrogen-bond donors (Lipinski definition) is 2. The van der Waals surface area contributed by atoms with Crippen molar-refractivity contribution in [1.82, 2.24) is 0 Å². The van der Waals surface area contributed by atoms with Crippen LogP contribution in [0.4, 0.5) is 10.1 Å². The molecular weight excluding hydrogens is 235 g/mol. The molecule has 0 unspecified atom stereocenters. The normalized spacial score (nSPS) is 10.2.